The third kappa shape index (κ3) is 2.29. The quantitative estimate of drug-likeness (QED) is 0.711. The first-order chi connectivity index (χ1) is 6.15. The SMILES string of the molecule is CNC(=O)c1cccc([C@@H](C)N)c1. The van der Waals surface area contributed by atoms with Gasteiger partial charge >= 0.3 is 0 Å². The van der Waals surface area contributed by atoms with Crippen LogP contribution in [0.1, 0.15) is 28.9 Å². The second-order valence-corrected chi connectivity index (χ2v) is 2.99. The topological polar surface area (TPSA) is 55.1 Å². The molecule has 0 aliphatic carbocycles. The van der Waals surface area contributed by atoms with E-state index in [1.54, 1.807) is 13.1 Å². The van der Waals surface area contributed by atoms with Crippen LogP contribution in [0.4, 0.5) is 0 Å². The summed E-state index contributed by atoms with van der Waals surface area (Å²) in [6, 6.07) is 7.29. The lowest BCUT2D eigenvalue weighted by Crippen LogP contribution is -2.18. The van der Waals surface area contributed by atoms with Gasteiger partial charge in [-0.15, -0.1) is 0 Å². The lowest BCUT2D eigenvalue weighted by Gasteiger charge is -2.06. The minimum atomic E-state index is -0.0810. The molecule has 1 amide bonds. The summed E-state index contributed by atoms with van der Waals surface area (Å²) in [6.45, 7) is 1.89. The number of nitrogens with two attached hydrogens (primary N) is 1. The number of carbonyl (C=O) groups is 1. The van der Waals surface area contributed by atoms with E-state index >= 15 is 0 Å². The highest BCUT2D eigenvalue weighted by Gasteiger charge is 2.05. The van der Waals surface area contributed by atoms with Crippen molar-refractivity contribution in [3.05, 3.63) is 35.4 Å². The maximum Gasteiger partial charge on any atom is 0.251 e. The van der Waals surface area contributed by atoms with E-state index in [1.165, 1.54) is 0 Å². The van der Waals surface area contributed by atoms with Crippen molar-refractivity contribution < 1.29 is 4.79 Å². The summed E-state index contributed by atoms with van der Waals surface area (Å²) in [5, 5.41) is 2.57. The van der Waals surface area contributed by atoms with Crippen LogP contribution in [0.3, 0.4) is 0 Å². The van der Waals surface area contributed by atoms with Gasteiger partial charge in [0.15, 0.2) is 0 Å². The minimum absolute atomic E-state index is 0.0374. The molecule has 0 aliphatic rings. The normalized spacial score (nSPS) is 12.2. The summed E-state index contributed by atoms with van der Waals surface area (Å²) in [5.74, 6) is -0.0810. The van der Waals surface area contributed by atoms with Crippen LogP contribution in [-0.2, 0) is 0 Å². The number of benzene rings is 1. The molecule has 0 heterocycles. The molecule has 1 aromatic rings. The number of amides is 1. The molecule has 0 spiro atoms. The average molecular weight is 178 g/mol. The van der Waals surface area contributed by atoms with Crippen molar-refractivity contribution in [3.63, 3.8) is 0 Å². The molecule has 3 N–H and O–H groups in total. The van der Waals surface area contributed by atoms with Gasteiger partial charge in [0.2, 0.25) is 0 Å². The van der Waals surface area contributed by atoms with E-state index in [-0.39, 0.29) is 11.9 Å². The maximum absolute atomic E-state index is 11.2. The van der Waals surface area contributed by atoms with E-state index in [1.807, 2.05) is 25.1 Å². The third-order valence-electron chi connectivity index (χ3n) is 1.90. The lowest BCUT2D eigenvalue weighted by molar-refractivity contribution is 0.0963. The predicted octanol–water partition coefficient (Wildman–Crippen LogP) is 1.07. The number of carbonyl (C=O) groups excluding carboxylic acids is 1. The van der Waals surface area contributed by atoms with Crippen molar-refractivity contribution in [2.75, 3.05) is 7.05 Å². The lowest BCUT2D eigenvalue weighted by atomic mass is 10.1. The first kappa shape index (κ1) is 9.74. The van der Waals surface area contributed by atoms with Gasteiger partial charge in [-0.25, -0.2) is 0 Å². The summed E-state index contributed by atoms with van der Waals surface area (Å²) in [7, 11) is 1.61. The zero-order chi connectivity index (χ0) is 9.84. The second kappa shape index (κ2) is 4.05. The van der Waals surface area contributed by atoms with Crippen LogP contribution in [0.5, 0.6) is 0 Å². The molecule has 3 heteroatoms. The van der Waals surface area contributed by atoms with Gasteiger partial charge in [-0.05, 0) is 24.6 Å². The van der Waals surface area contributed by atoms with Crippen molar-refractivity contribution in [1.29, 1.82) is 0 Å². The van der Waals surface area contributed by atoms with Crippen molar-refractivity contribution in [2.45, 2.75) is 13.0 Å². The van der Waals surface area contributed by atoms with Crippen LogP contribution in [0, 0.1) is 0 Å². The molecule has 0 radical (unpaired) electrons. The molecule has 0 saturated carbocycles. The highest BCUT2D eigenvalue weighted by atomic mass is 16.1. The Morgan fingerprint density at radius 1 is 1.54 bits per heavy atom. The van der Waals surface area contributed by atoms with Gasteiger partial charge in [-0.3, -0.25) is 4.79 Å². The van der Waals surface area contributed by atoms with Crippen molar-refractivity contribution in [3.8, 4) is 0 Å². The Balaban J connectivity index is 2.98. The van der Waals surface area contributed by atoms with Crippen LogP contribution >= 0.6 is 0 Å². The van der Waals surface area contributed by atoms with E-state index in [2.05, 4.69) is 5.32 Å². The van der Waals surface area contributed by atoms with Gasteiger partial charge < -0.3 is 11.1 Å². The predicted molar refractivity (Wildman–Crippen MR) is 52.4 cm³/mol. The molecular formula is C10H14N2O. The van der Waals surface area contributed by atoms with Gasteiger partial charge in [-0.1, -0.05) is 12.1 Å². The molecule has 0 aromatic heterocycles. The minimum Gasteiger partial charge on any atom is -0.355 e. The molecular weight excluding hydrogens is 164 g/mol. The van der Waals surface area contributed by atoms with Crippen LogP contribution in [0.2, 0.25) is 0 Å². The summed E-state index contributed by atoms with van der Waals surface area (Å²) in [5.41, 5.74) is 7.32. The van der Waals surface area contributed by atoms with Crippen LogP contribution in [-0.4, -0.2) is 13.0 Å². The summed E-state index contributed by atoms with van der Waals surface area (Å²) < 4.78 is 0. The molecule has 70 valence electrons. The smallest absolute Gasteiger partial charge is 0.251 e. The Morgan fingerprint density at radius 3 is 2.77 bits per heavy atom. The summed E-state index contributed by atoms with van der Waals surface area (Å²) >= 11 is 0. The van der Waals surface area contributed by atoms with E-state index in [4.69, 9.17) is 5.73 Å². The molecule has 0 aliphatic heterocycles. The van der Waals surface area contributed by atoms with Gasteiger partial charge in [0.05, 0.1) is 0 Å². The van der Waals surface area contributed by atoms with Gasteiger partial charge in [0, 0.05) is 18.7 Å². The Hall–Kier alpha value is -1.35. The Labute approximate surface area is 77.9 Å². The molecule has 13 heavy (non-hydrogen) atoms. The monoisotopic (exact) mass is 178 g/mol. The standard InChI is InChI=1S/C10H14N2O/c1-7(11)8-4-3-5-9(6-8)10(13)12-2/h3-7H,11H2,1-2H3,(H,12,13)/t7-/m1/s1. The van der Waals surface area contributed by atoms with Crippen molar-refractivity contribution >= 4 is 5.91 Å². The largest absolute Gasteiger partial charge is 0.355 e. The van der Waals surface area contributed by atoms with Crippen LogP contribution in [0.15, 0.2) is 24.3 Å². The summed E-state index contributed by atoms with van der Waals surface area (Å²) in [4.78, 5) is 11.2. The van der Waals surface area contributed by atoms with E-state index < -0.39 is 0 Å². The average Bonchev–Trinajstić information content (AvgIpc) is 2.17. The fraction of sp³-hybridized carbons (Fsp3) is 0.300. The molecule has 0 fully saturated rings. The zero-order valence-electron chi connectivity index (χ0n) is 7.87. The zero-order valence-corrected chi connectivity index (χ0v) is 7.87. The van der Waals surface area contributed by atoms with E-state index in [9.17, 15) is 4.79 Å². The van der Waals surface area contributed by atoms with Crippen LogP contribution in [0.25, 0.3) is 0 Å². The molecule has 1 aromatic carbocycles. The summed E-state index contributed by atoms with van der Waals surface area (Å²) in [6.07, 6.45) is 0. The Kier molecular flexibility index (Phi) is 3.03. The molecule has 0 unspecified atom stereocenters. The fourth-order valence-electron chi connectivity index (χ4n) is 1.11. The van der Waals surface area contributed by atoms with Gasteiger partial charge in [0.25, 0.3) is 5.91 Å². The third-order valence-corrected chi connectivity index (χ3v) is 1.90. The molecule has 0 bridgehead atoms. The van der Waals surface area contributed by atoms with Crippen molar-refractivity contribution in [2.24, 2.45) is 5.73 Å². The van der Waals surface area contributed by atoms with E-state index in [0.29, 0.717) is 5.56 Å². The number of hydrogen-bond acceptors (Lipinski definition) is 2. The molecule has 1 rings (SSSR count). The highest BCUT2D eigenvalue weighted by Crippen LogP contribution is 2.11. The maximum atomic E-state index is 11.2. The fourth-order valence-corrected chi connectivity index (χ4v) is 1.11. The number of rotatable bonds is 2. The second-order valence-electron chi connectivity index (χ2n) is 2.99. The van der Waals surface area contributed by atoms with E-state index in [0.717, 1.165) is 5.56 Å². The first-order valence-corrected chi connectivity index (χ1v) is 4.22. The molecule has 1 atom stereocenters. The first-order valence-electron chi connectivity index (χ1n) is 4.22. The highest BCUT2D eigenvalue weighted by molar-refractivity contribution is 5.94. The number of nitrogens with one attached hydrogen (secondary N) is 1. The van der Waals surface area contributed by atoms with Gasteiger partial charge in [0.1, 0.15) is 0 Å². The Bertz CT molecular complexity index is 308. The molecule has 3 nitrogen and oxygen atoms in total. The van der Waals surface area contributed by atoms with Gasteiger partial charge in [-0.2, -0.15) is 0 Å². The van der Waals surface area contributed by atoms with Crippen molar-refractivity contribution in [1.82, 2.24) is 5.32 Å². The number of hydrogen-bond donors (Lipinski definition) is 2. The Morgan fingerprint density at radius 2 is 2.23 bits per heavy atom. The molecule has 0 saturated heterocycles. The van der Waals surface area contributed by atoms with Crippen LogP contribution < -0.4 is 11.1 Å².